The van der Waals surface area contributed by atoms with Crippen LogP contribution in [0.2, 0.25) is 0 Å². The summed E-state index contributed by atoms with van der Waals surface area (Å²) in [5.41, 5.74) is 8.12. The first-order chi connectivity index (χ1) is 7.70. The third kappa shape index (κ3) is 2.10. The number of thiazole rings is 1. The first kappa shape index (κ1) is 10.8. The summed E-state index contributed by atoms with van der Waals surface area (Å²) < 4.78 is 0. The Labute approximate surface area is 96.4 Å². The van der Waals surface area contributed by atoms with Gasteiger partial charge in [-0.15, -0.1) is 11.3 Å². The SMILES string of the molecule is NCc1ccc(-c2csc(C(=O)O)n2)cc1. The van der Waals surface area contributed by atoms with Crippen molar-refractivity contribution in [2.75, 3.05) is 0 Å². The summed E-state index contributed by atoms with van der Waals surface area (Å²) in [5.74, 6) is -0.991. The van der Waals surface area contributed by atoms with Crippen molar-refractivity contribution in [3.05, 3.63) is 40.2 Å². The fourth-order valence-electron chi connectivity index (χ4n) is 1.32. The number of nitrogens with two attached hydrogens (primary N) is 1. The van der Waals surface area contributed by atoms with Crippen LogP contribution in [0.4, 0.5) is 0 Å². The number of carboxylic acid groups (broad SMARTS) is 1. The molecule has 3 N–H and O–H groups in total. The smallest absolute Gasteiger partial charge is 0.365 e. The number of nitrogens with zero attached hydrogens (tertiary/aromatic N) is 1. The molecule has 0 radical (unpaired) electrons. The molecule has 0 aliphatic heterocycles. The number of rotatable bonds is 3. The number of carbonyl (C=O) groups is 1. The molecule has 82 valence electrons. The summed E-state index contributed by atoms with van der Waals surface area (Å²) in [4.78, 5) is 14.7. The van der Waals surface area contributed by atoms with E-state index in [0.717, 1.165) is 22.5 Å². The minimum absolute atomic E-state index is 0.109. The van der Waals surface area contributed by atoms with E-state index in [-0.39, 0.29) is 5.01 Å². The molecule has 0 unspecified atom stereocenters. The van der Waals surface area contributed by atoms with Crippen molar-refractivity contribution in [3.8, 4) is 11.3 Å². The van der Waals surface area contributed by atoms with Crippen LogP contribution in [0.15, 0.2) is 29.6 Å². The molecule has 0 spiro atoms. The zero-order valence-corrected chi connectivity index (χ0v) is 9.20. The van der Waals surface area contributed by atoms with Gasteiger partial charge in [0.25, 0.3) is 0 Å². The third-order valence-electron chi connectivity index (χ3n) is 2.17. The topological polar surface area (TPSA) is 76.2 Å². The van der Waals surface area contributed by atoms with Crippen LogP contribution < -0.4 is 5.73 Å². The van der Waals surface area contributed by atoms with Gasteiger partial charge in [-0.2, -0.15) is 0 Å². The van der Waals surface area contributed by atoms with Gasteiger partial charge >= 0.3 is 5.97 Å². The van der Waals surface area contributed by atoms with Gasteiger partial charge in [0.05, 0.1) is 5.69 Å². The number of benzene rings is 1. The Balaban J connectivity index is 2.31. The van der Waals surface area contributed by atoms with E-state index >= 15 is 0 Å². The van der Waals surface area contributed by atoms with Crippen LogP contribution >= 0.6 is 11.3 Å². The molecule has 0 bridgehead atoms. The van der Waals surface area contributed by atoms with E-state index in [2.05, 4.69) is 4.98 Å². The molecule has 0 fully saturated rings. The average molecular weight is 234 g/mol. The summed E-state index contributed by atoms with van der Waals surface area (Å²) in [6.07, 6.45) is 0. The Bertz CT molecular complexity index is 505. The van der Waals surface area contributed by atoms with E-state index in [9.17, 15) is 4.79 Å². The quantitative estimate of drug-likeness (QED) is 0.851. The Morgan fingerprint density at radius 3 is 2.56 bits per heavy atom. The summed E-state index contributed by atoms with van der Waals surface area (Å²) in [7, 11) is 0. The number of aromatic carboxylic acids is 1. The van der Waals surface area contributed by atoms with Crippen molar-refractivity contribution < 1.29 is 9.90 Å². The van der Waals surface area contributed by atoms with Gasteiger partial charge in [0, 0.05) is 17.5 Å². The van der Waals surface area contributed by atoms with E-state index in [4.69, 9.17) is 10.8 Å². The van der Waals surface area contributed by atoms with Gasteiger partial charge in [0.15, 0.2) is 0 Å². The van der Waals surface area contributed by atoms with Crippen molar-refractivity contribution >= 4 is 17.3 Å². The lowest BCUT2D eigenvalue weighted by atomic mass is 10.1. The van der Waals surface area contributed by atoms with E-state index in [1.54, 1.807) is 5.38 Å². The molecule has 2 aromatic rings. The fourth-order valence-corrected chi connectivity index (χ4v) is 1.98. The summed E-state index contributed by atoms with van der Waals surface area (Å²) in [5, 5.41) is 10.6. The highest BCUT2D eigenvalue weighted by Gasteiger charge is 2.09. The Hall–Kier alpha value is -1.72. The van der Waals surface area contributed by atoms with Crippen molar-refractivity contribution in [3.63, 3.8) is 0 Å². The molecule has 0 aliphatic rings. The van der Waals surface area contributed by atoms with Gasteiger partial charge < -0.3 is 10.8 Å². The van der Waals surface area contributed by atoms with Gasteiger partial charge in [-0.25, -0.2) is 9.78 Å². The van der Waals surface area contributed by atoms with E-state index in [1.165, 1.54) is 0 Å². The monoisotopic (exact) mass is 234 g/mol. The van der Waals surface area contributed by atoms with Crippen LogP contribution in [0.5, 0.6) is 0 Å². The molecule has 1 heterocycles. The molecule has 0 aliphatic carbocycles. The first-order valence-electron chi connectivity index (χ1n) is 4.69. The molecule has 0 amide bonds. The number of hydrogen-bond donors (Lipinski definition) is 2. The van der Waals surface area contributed by atoms with Crippen LogP contribution in [0.3, 0.4) is 0 Å². The lowest BCUT2D eigenvalue weighted by Gasteiger charge is -1.98. The maximum atomic E-state index is 10.7. The van der Waals surface area contributed by atoms with Crippen LogP contribution in [0.25, 0.3) is 11.3 Å². The second-order valence-corrected chi connectivity index (χ2v) is 4.10. The summed E-state index contributed by atoms with van der Waals surface area (Å²) in [6.45, 7) is 0.498. The largest absolute Gasteiger partial charge is 0.476 e. The molecule has 16 heavy (non-hydrogen) atoms. The van der Waals surface area contributed by atoms with Crippen molar-refractivity contribution in [1.82, 2.24) is 4.98 Å². The van der Waals surface area contributed by atoms with E-state index in [0.29, 0.717) is 12.2 Å². The molecular formula is C11H10N2O2S. The minimum Gasteiger partial charge on any atom is -0.476 e. The molecule has 0 saturated heterocycles. The highest BCUT2D eigenvalue weighted by Crippen LogP contribution is 2.22. The van der Waals surface area contributed by atoms with Crippen LogP contribution in [-0.2, 0) is 6.54 Å². The average Bonchev–Trinajstić information content (AvgIpc) is 2.78. The molecule has 0 saturated carbocycles. The normalized spacial score (nSPS) is 10.3. The van der Waals surface area contributed by atoms with Gasteiger partial charge in [0.2, 0.25) is 5.01 Å². The summed E-state index contributed by atoms with van der Waals surface area (Å²) >= 11 is 1.13. The standard InChI is InChI=1S/C11H10N2O2S/c12-5-7-1-3-8(4-2-7)9-6-16-10(13-9)11(14)15/h1-4,6H,5,12H2,(H,14,15). The molecule has 5 heteroatoms. The Morgan fingerprint density at radius 2 is 2.06 bits per heavy atom. The second-order valence-electron chi connectivity index (χ2n) is 3.24. The van der Waals surface area contributed by atoms with Gasteiger partial charge in [-0.05, 0) is 5.56 Å². The maximum absolute atomic E-state index is 10.7. The molecule has 0 atom stereocenters. The van der Waals surface area contributed by atoms with Crippen LogP contribution in [0, 0.1) is 0 Å². The highest BCUT2D eigenvalue weighted by molar-refractivity contribution is 7.11. The number of aromatic nitrogens is 1. The Kier molecular flexibility index (Phi) is 2.98. The fraction of sp³-hybridized carbons (Fsp3) is 0.0909. The van der Waals surface area contributed by atoms with Crippen molar-refractivity contribution in [1.29, 1.82) is 0 Å². The predicted molar refractivity (Wildman–Crippen MR) is 62.4 cm³/mol. The zero-order chi connectivity index (χ0) is 11.5. The van der Waals surface area contributed by atoms with Crippen molar-refractivity contribution in [2.45, 2.75) is 6.54 Å². The maximum Gasteiger partial charge on any atom is 0.365 e. The zero-order valence-electron chi connectivity index (χ0n) is 8.38. The molecule has 4 nitrogen and oxygen atoms in total. The van der Waals surface area contributed by atoms with Gasteiger partial charge in [-0.3, -0.25) is 0 Å². The minimum atomic E-state index is -0.991. The Morgan fingerprint density at radius 1 is 1.38 bits per heavy atom. The predicted octanol–water partition coefficient (Wildman–Crippen LogP) is 1.97. The lowest BCUT2D eigenvalue weighted by Crippen LogP contribution is -1.96. The highest BCUT2D eigenvalue weighted by atomic mass is 32.1. The third-order valence-corrected chi connectivity index (χ3v) is 3.00. The second kappa shape index (κ2) is 4.42. The lowest BCUT2D eigenvalue weighted by molar-refractivity contribution is 0.0696. The number of carboxylic acids is 1. The number of hydrogen-bond acceptors (Lipinski definition) is 4. The van der Waals surface area contributed by atoms with E-state index in [1.807, 2.05) is 24.3 Å². The van der Waals surface area contributed by atoms with E-state index < -0.39 is 5.97 Å². The van der Waals surface area contributed by atoms with Crippen LogP contribution in [0.1, 0.15) is 15.4 Å². The van der Waals surface area contributed by atoms with Crippen LogP contribution in [-0.4, -0.2) is 16.1 Å². The van der Waals surface area contributed by atoms with Crippen molar-refractivity contribution in [2.24, 2.45) is 5.73 Å². The summed E-state index contributed by atoms with van der Waals surface area (Å²) in [6, 6.07) is 7.61. The first-order valence-corrected chi connectivity index (χ1v) is 5.57. The molecular weight excluding hydrogens is 224 g/mol. The van der Waals surface area contributed by atoms with Gasteiger partial charge in [-0.1, -0.05) is 24.3 Å². The van der Waals surface area contributed by atoms with Gasteiger partial charge in [0.1, 0.15) is 0 Å². The molecule has 2 rings (SSSR count). The molecule has 1 aromatic heterocycles. The molecule has 1 aromatic carbocycles.